The third-order valence-corrected chi connectivity index (χ3v) is 7.38. The summed E-state index contributed by atoms with van der Waals surface area (Å²) in [6.45, 7) is 7.76. The number of anilines is 1. The van der Waals surface area contributed by atoms with Crippen LogP contribution in [-0.2, 0) is 9.53 Å². The summed E-state index contributed by atoms with van der Waals surface area (Å²) in [5.74, 6) is 0.411. The normalized spacial score (nSPS) is 17.3. The molecule has 0 radical (unpaired) electrons. The molecule has 4 aromatic rings. The Hall–Kier alpha value is -3.47. The standard InChI is InChI=1S/C28H31Cl2N7O3/c1-14(24-35-19-8-7-15(29)10-21(19)36-24)34-25-17-11-18(30)16(12-20(17)32-13-33-25)26(38)37-9-5-6-22(37)23(31)27(39)40-28(2,3)4/h7-8,10-14,22-23H,5-6,9,31H2,1-4H3,(H,35,36)(H,32,33,34)/t14-,22+,23?/m0/s1. The first-order chi connectivity index (χ1) is 18.9. The van der Waals surface area contributed by atoms with Gasteiger partial charge in [-0.2, -0.15) is 0 Å². The highest BCUT2D eigenvalue weighted by atomic mass is 35.5. The van der Waals surface area contributed by atoms with Crippen molar-refractivity contribution in [2.45, 2.75) is 64.3 Å². The average molecular weight is 585 g/mol. The molecule has 2 aromatic carbocycles. The highest BCUT2D eigenvalue weighted by molar-refractivity contribution is 6.35. The molecule has 3 heterocycles. The molecule has 210 valence electrons. The Morgan fingerprint density at radius 1 is 1.18 bits per heavy atom. The van der Waals surface area contributed by atoms with Crippen molar-refractivity contribution in [3.8, 4) is 0 Å². The summed E-state index contributed by atoms with van der Waals surface area (Å²) in [6, 6.07) is 7.11. The SMILES string of the molecule is C[C@H](Nc1ncnc2cc(C(=O)N3CCC[C@@H]3C(N)C(=O)OC(C)(C)C)c(Cl)cc12)c1nc2ccc(Cl)cc2[nH]1. The zero-order valence-corrected chi connectivity index (χ0v) is 24.2. The van der Waals surface area contributed by atoms with Crippen LogP contribution in [0.4, 0.5) is 5.82 Å². The number of hydrogen-bond acceptors (Lipinski definition) is 8. The van der Waals surface area contributed by atoms with Crippen LogP contribution in [0.25, 0.3) is 21.9 Å². The lowest BCUT2D eigenvalue weighted by molar-refractivity contribution is -0.157. The van der Waals surface area contributed by atoms with Gasteiger partial charge in [-0.1, -0.05) is 23.2 Å². The van der Waals surface area contributed by atoms with Crippen LogP contribution in [0, 0.1) is 0 Å². The third-order valence-electron chi connectivity index (χ3n) is 6.83. The second kappa shape index (κ2) is 10.8. The lowest BCUT2D eigenvalue weighted by atomic mass is 10.0. The maximum atomic E-state index is 13.6. The second-order valence-electron chi connectivity index (χ2n) is 11.0. The molecule has 2 aromatic heterocycles. The van der Waals surface area contributed by atoms with Gasteiger partial charge in [0.05, 0.1) is 39.2 Å². The lowest BCUT2D eigenvalue weighted by Gasteiger charge is -2.30. The molecule has 1 unspecified atom stereocenters. The first-order valence-corrected chi connectivity index (χ1v) is 13.8. The van der Waals surface area contributed by atoms with Crippen molar-refractivity contribution in [1.29, 1.82) is 0 Å². The van der Waals surface area contributed by atoms with E-state index < -0.39 is 23.7 Å². The lowest BCUT2D eigenvalue weighted by Crippen LogP contribution is -2.52. The van der Waals surface area contributed by atoms with E-state index in [1.807, 2.05) is 19.1 Å². The number of esters is 1. The largest absolute Gasteiger partial charge is 0.459 e. The van der Waals surface area contributed by atoms with Gasteiger partial charge in [-0.3, -0.25) is 9.59 Å². The number of carbonyl (C=O) groups excluding carboxylic acids is 2. The van der Waals surface area contributed by atoms with Gasteiger partial charge in [-0.15, -0.1) is 0 Å². The Morgan fingerprint density at radius 2 is 1.95 bits per heavy atom. The van der Waals surface area contributed by atoms with Gasteiger partial charge < -0.3 is 25.7 Å². The van der Waals surface area contributed by atoms with Crippen molar-refractivity contribution in [3.63, 3.8) is 0 Å². The zero-order valence-electron chi connectivity index (χ0n) is 22.7. The molecule has 0 aliphatic carbocycles. The topological polar surface area (TPSA) is 139 Å². The number of H-pyrrole nitrogens is 1. The van der Waals surface area contributed by atoms with E-state index in [0.717, 1.165) is 17.5 Å². The Kier molecular flexibility index (Phi) is 7.60. The smallest absolute Gasteiger partial charge is 0.325 e. The molecule has 12 heteroatoms. The van der Waals surface area contributed by atoms with Gasteiger partial charge in [0.25, 0.3) is 5.91 Å². The monoisotopic (exact) mass is 583 g/mol. The fourth-order valence-electron chi connectivity index (χ4n) is 4.94. The van der Waals surface area contributed by atoms with Crippen molar-refractivity contribution < 1.29 is 14.3 Å². The number of hydrogen-bond donors (Lipinski definition) is 3. The molecule has 1 saturated heterocycles. The van der Waals surface area contributed by atoms with Gasteiger partial charge in [0.2, 0.25) is 0 Å². The minimum absolute atomic E-state index is 0.232. The fourth-order valence-corrected chi connectivity index (χ4v) is 5.35. The van der Waals surface area contributed by atoms with Crippen molar-refractivity contribution >= 4 is 62.8 Å². The predicted molar refractivity (Wildman–Crippen MR) is 156 cm³/mol. The molecular weight excluding hydrogens is 553 g/mol. The van der Waals surface area contributed by atoms with E-state index in [0.29, 0.717) is 40.5 Å². The molecular formula is C28H31Cl2N7O3. The van der Waals surface area contributed by atoms with E-state index in [4.69, 9.17) is 33.7 Å². The number of benzene rings is 2. The van der Waals surface area contributed by atoms with Crippen LogP contribution in [0.1, 0.15) is 62.8 Å². The summed E-state index contributed by atoms with van der Waals surface area (Å²) in [5, 5.41) is 4.88. The number of carbonyl (C=O) groups is 2. The number of aromatic amines is 1. The third kappa shape index (κ3) is 5.70. The number of nitrogens with one attached hydrogen (secondary N) is 2. The maximum Gasteiger partial charge on any atom is 0.325 e. The zero-order chi connectivity index (χ0) is 28.8. The minimum Gasteiger partial charge on any atom is -0.459 e. The summed E-state index contributed by atoms with van der Waals surface area (Å²) in [6.07, 6.45) is 2.74. The predicted octanol–water partition coefficient (Wildman–Crippen LogP) is 5.26. The van der Waals surface area contributed by atoms with Crippen LogP contribution < -0.4 is 11.1 Å². The van der Waals surface area contributed by atoms with Crippen LogP contribution >= 0.6 is 23.2 Å². The summed E-state index contributed by atoms with van der Waals surface area (Å²) in [5.41, 5.74) is 8.05. The molecule has 0 bridgehead atoms. The number of fused-ring (bicyclic) bond motifs is 2. The number of halogens is 2. The molecule has 1 fully saturated rings. The van der Waals surface area contributed by atoms with E-state index in [1.54, 1.807) is 43.9 Å². The van der Waals surface area contributed by atoms with Crippen molar-refractivity contribution in [1.82, 2.24) is 24.8 Å². The van der Waals surface area contributed by atoms with E-state index in [1.165, 1.54) is 6.33 Å². The van der Waals surface area contributed by atoms with Crippen LogP contribution in [-0.4, -0.2) is 60.9 Å². The molecule has 0 saturated carbocycles. The number of likely N-dealkylation sites (tertiary alicyclic amines) is 1. The molecule has 1 aliphatic heterocycles. The molecule has 1 aliphatic rings. The number of nitrogens with two attached hydrogens (primary N) is 1. The van der Waals surface area contributed by atoms with Crippen molar-refractivity contribution in [2.24, 2.45) is 5.73 Å². The molecule has 4 N–H and O–H groups in total. The van der Waals surface area contributed by atoms with Crippen molar-refractivity contribution in [3.05, 3.63) is 58.1 Å². The number of amides is 1. The van der Waals surface area contributed by atoms with Gasteiger partial charge in [-0.05, 0) is 70.9 Å². The highest BCUT2D eigenvalue weighted by Crippen LogP contribution is 2.32. The maximum absolute atomic E-state index is 13.6. The highest BCUT2D eigenvalue weighted by Gasteiger charge is 2.39. The summed E-state index contributed by atoms with van der Waals surface area (Å²) >= 11 is 12.8. The molecule has 10 nitrogen and oxygen atoms in total. The van der Waals surface area contributed by atoms with Gasteiger partial charge >= 0.3 is 5.97 Å². The molecule has 1 amide bonds. The fraction of sp³-hybridized carbons (Fsp3) is 0.393. The van der Waals surface area contributed by atoms with Crippen LogP contribution in [0.15, 0.2) is 36.7 Å². The number of aromatic nitrogens is 4. The molecule has 3 atom stereocenters. The van der Waals surface area contributed by atoms with E-state index in [9.17, 15) is 9.59 Å². The number of ether oxygens (including phenoxy) is 1. The Bertz CT molecular complexity index is 1600. The van der Waals surface area contributed by atoms with Crippen LogP contribution in [0.2, 0.25) is 10.0 Å². The van der Waals surface area contributed by atoms with E-state index >= 15 is 0 Å². The number of rotatable bonds is 6. The minimum atomic E-state index is -0.959. The average Bonchev–Trinajstić information content (AvgIpc) is 3.54. The van der Waals surface area contributed by atoms with Crippen molar-refractivity contribution in [2.75, 3.05) is 11.9 Å². The van der Waals surface area contributed by atoms with Crippen LogP contribution in [0.3, 0.4) is 0 Å². The van der Waals surface area contributed by atoms with Gasteiger partial charge in [-0.25, -0.2) is 15.0 Å². The van der Waals surface area contributed by atoms with Gasteiger partial charge in [0.1, 0.15) is 29.6 Å². The first kappa shape index (κ1) is 28.1. The number of imidazole rings is 1. The Labute approximate surface area is 241 Å². The molecule has 5 rings (SSSR count). The summed E-state index contributed by atoms with van der Waals surface area (Å²) in [7, 11) is 0. The quantitative estimate of drug-likeness (QED) is 0.261. The van der Waals surface area contributed by atoms with Gasteiger partial charge in [0, 0.05) is 17.0 Å². The second-order valence-corrected chi connectivity index (χ2v) is 11.8. The molecule has 0 spiro atoms. The van der Waals surface area contributed by atoms with Crippen LogP contribution in [0.5, 0.6) is 0 Å². The van der Waals surface area contributed by atoms with E-state index in [2.05, 4.69) is 25.3 Å². The molecule has 40 heavy (non-hydrogen) atoms. The van der Waals surface area contributed by atoms with Gasteiger partial charge in [0.15, 0.2) is 0 Å². The van der Waals surface area contributed by atoms with E-state index in [-0.39, 0.29) is 22.5 Å². The Balaban J connectivity index is 1.39. The first-order valence-electron chi connectivity index (χ1n) is 13.1. The number of nitrogens with zero attached hydrogens (tertiary/aromatic N) is 4. The summed E-state index contributed by atoms with van der Waals surface area (Å²) in [4.78, 5) is 44.6. The summed E-state index contributed by atoms with van der Waals surface area (Å²) < 4.78 is 5.46. The Morgan fingerprint density at radius 3 is 2.70 bits per heavy atom.